The van der Waals surface area contributed by atoms with Gasteiger partial charge in [-0.25, -0.2) is 9.18 Å². The highest BCUT2D eigenvalue weighted by atomic mass is 32.1. The van der Waals surface area contributed by atoms with E-state index in [0.29, 0.717) is 21.9 Å². The fourth-order valence-corrected chi connectivity index (χ4v) is 3.94. The number of carbonyl (C=O) groups is 2. The molecule has 0 aliphatic heterocycles. The second kappa shape index (κ2) is 10.0. The van der Waals surface area contributed by atoms with Crippen molar-refractivity contribution in [1.82, 2.24) is 0 Å². The topological polar surface area (TPSA) is 64.6 Å². The third-order valence-electron chi connectivity index (χ3n) is 4.45. The number of carbonyl (C=O) groups excluding carboxylic acids is 2. The highest BCUT2D eigenvalue weighted by Crippen LogP contribution is 2.40. The van der Waals surface area contributed by atoms with E-state index in [1.54, 1.807) is 37.6 Å². The fraction of sp³-hybridized carbons (Fsp3) is 0.167. The van der Waals surface area contributed by atoms with Gasteiger partial charge in [-0.2, -0.15) is 0 Å². The van der Waals surface area contributed by atoms with Crippen LogP contribution in [0.25, 0.3) is 17.2 Å². The molecule has 3 aromatic rings. The van der Waals surface area contributed by atoms with E-state index in [2.05, 4.69) is 5.32 Å². The van der Waals surface area contributed by atoms with Crippen molar-refractivity contribution in [2.24, 2.45) is 0 Å². The summed E-state index contributed by atoms with van der Waals surface area (Å²) >= 11 is 1.23. The number of methoxy groups -OCH3 is 1. The predicted molar refractivity (Wildman–Crippen MR) is 121 cm³/mol. The lowest BCUT2D eigenvalue weighted by molar-refractivity contribution is -0.111. The van der Waals surface area contributed by atoms with Crippen LogP contribution in [0.15, 0.2) is 53.9 Å². The Morgan fingerprint density at radius 3 is 2.55 bits per heavy atom. The molecule has 1 aromatic heterocycles. The number of nitrogens with one attached hydrogen (secondary N) is 1. The molecule has 0 aliphatic rings. The van der Waals surface area contributed by atoms with Crippen LogP contribution in [0.2, 0.25) is 0 Å². The lowest BCUT2D eigenvalue weighted by Gasteiger charge is -2.11. The van der Waals surface area contributed by atoms with Gasteiger partial charge < -0.3 is 14.8 Å². The number of esters is 1. The molecule has 0 saturated heterocycles. The van der Waals surface area contributed by atoms with Gasteiger partial charge in [0.1, 0.15) is 22.1 Å². The maximum atomic E-state index is 13.0. The number of thiophene rings is 1. The van der Waals surface area contributed by atoms with Gasteiger partial charge in [0.25, 0.3) is 0 Å². The Labute approximate surface area is 184 Å². The average molecular weight is 440 g/mol. The summed E-state index contributed by atoms with van der Waals surface area (Å²) in [6.07, 6.45) is 2.89. The van der Waals surface area contributed by atoms with E-state index in [4.69, 9.17) is 9.47 Å². The smallest absolute Gasteiger partial charge is 0.341 e. The summed E-state index contributed by atoms with van der Waals surface area (Å²) in [5, 5.41) is 4.93. The average Bonchev–Trinajstić information content (AvgIpc) is 3.16. The molecule has 7 heteroatoms. The molecule has 0 unspecified atom stereocenters. The number of rotatable bonds is 7. The van der Waals surface area contributed by atoms with Gasteiger partial charge in [0, 0.05) is 22.6 Å². The molecular formula is C24H22FNO4S. The maximum absolute atomic E-state index is 13.0. The molecule has 5 nitrogen and oxygen atoms in total. The first-order valence-electron chi connectivity index (χ1n) is 9.61. The molecule has 2 aromatic carbocycles. The molecule has 0 atom stereocenters. The summed E-state index contributed by atoms with van der Waals surface area (Å²) in [5.41, 5.74) is 3.33. The van der Waals surface area contributed by atoms with E-state index in [9.17, 15) is 14.0 Å². The van der Waals surface area contributed by atoms with Gasteiger partial charge in [0.15, 0.2) is 0 Å². The van der Waals surface area contributed by atoms with Crippen LogP contribution in [-0.2, 0) is 9.53 Å². The Bertz CT molecular complexity index is 1120. The van der Waals surface area contributed by atoms with Gasteiger partial charge in [-0.05, 0) is 49.8 Å². The van der Waals surface area contributed by atoms with Gasteiger partial charge in [-0.15, -0.1) is 11.3 Å². The van der Waals surface area contributed by atoms with Crippen LogP contribution in [0.1, 0.15) is 28.4 Å². The van der Waals surface area contributed by atoms with Crippen molar-refractivity contribution in [3.8, 4) is 16.9 Å². The predicted octanol–water partition coefficient (Wildman–Crippen LogP) is 5.70. The summed E-state index contributed by atoms with van der Waals surface area (Å²) in [6.45, 7) is 3.88. The van der Waals surface area contributed by atoms with Crippen molar-refractivity contribution in [1.29, 1.82) is 0 Å². The van der Waals surface area contributed by atoms with E-state index >= 15 is 0 Å². The molecule has 1 amide bonds. The van der Waals surface area contributed by atoms with Crippen molar-refractivity contribution in [2.45, 2.75) is 13.8 Å². The highest BCUT2D eigenvalue weighted by Gasteiger charge is 2.24. The molecule has 1 heterocycles. The van der Waals surface area contributed by atoms with E-state index in [0.717, 1.165) is 11.1 Å². The summed E-state index contributed by atoms with van der Waals surface area (Å²) in [7, 11) is 1.56. The third kappa shape index (κ3) is 5.38. The number of halogens is 1. The highest BCUT2D eigenvalue weighted by molar-refractivity contribution is 7.15. The van der Waals surface area contributed by atoms with E-state index < -0.39 is 11.9 Å². The Balaban J connectivity index is 1.94. The molecule has 1 N–H and O–H groups in total. The largest absolute Gasteiger partial charge is 0.496 e. The maximum Gasteiger partial charge on any atom is 0.341 e. The van der Waals surface area contributed by atoms with E-state index in [-0.39, 0.29) is 18.0 Å². The van der Waals surface area contributed by atoms with Gasteiger partial charge in [-0.1, -0.05) is 23.8 Å². The zero-order chi connectivity index (χ0) is 22.4. The summed E-state index contributed by atoms with van der Waals surface area (Å²) in [6, 6.07) is 11.4. The van der Waals surface area contributed by atoms with Crippen LogP contribution in [-0.4, -0.2) is 25.6 Å². The zero-order valence-electron chi connectivity index (χ0n) is 17.4. The van der Waals surface area contributed by atoms with Gasteiger partial charge in [-0.3, -0.25) is 4.79 Å². The van der Waals surface area contributed by atoms with Crippen molar-refractivity contribution in [3.05, 3.63) is 76.4 Å². The number of hydrogen-bond acceptors (Lipinski definition) is 5. The summed E-state index contributed by atoms with van der Waals surface area (Å²) in [4.78, 5) is 25.2. The SMILES string of the molecule is CCOC(=O)c1c(-c2cc(C)ccc2OC)csc1NC(=O)/C=C/c1ccc(F)cc1. The van der Waals surface area contributed by atoms with Gasteiger partial charge >= 0.3 is 5.97 Å². The lowest BCUT2D eigenvalue weighted by atomic mass is 10.0. The van der Waals surface area contributed by atoms with Crippen LogP contribution >= 0.6 is 11.3 Å². The minimum atomic E-state index is -0.528. The Hall–Kier alpha value is -3.45. The Morgan fingerprint density at radius 2 is 1.87 bits per heavy atom. The molecule has 0 fully saturated rings. The summed E-state index contributed by atoms with van der Waals surface area (Å²) in [5.74, 6) is -0.680. The molecule has 160 valence electrons. The van der Waals surface area contributed by atoms with E-state index in [1.165, 1.54) is 29.5 Å². The Morgan fingerprint density at radius 1 is 1.13 bits per heavy atom. The number of anilines is 1. The third-order valence-corrected chi connectivity index (χ3v) is 5.35. The van der Waals surface area contributed by atoms with Crippen LogP contribution in [0, 0.1) is 12.7 Å². The van der Waals surface area contributed by atoms with Crippen molar-refractivity contribution >= 4 is 34.3 Å². The molecule has 0 saturated carbocycles. The second-order valence-electron chi connectivity index (χ2n) is 6.65. The van der Waals surface area contributed by atoms with Crippen LogP contribution in [0.4, 0.5) is 9.39 Å². The molecule has 0 aliphatic carbocycles. The quantitative estimate of drug-likeness (QED) is 0.379. The van der Waals surface area contributed by atoms with Crippen molar-refractivity contribution < 1.29 is 23.5 Å². The van der Waals surface area contributed by atoms with Gasteiger partial charge in [0.2, 0.25) is 5.91 Å². The minimum Gasteiger partial charge on any atom is -0.496 e. The van der Waals surface area contributed by atoms with E-state index in [1.807, 2.05) is 25.1 Å². The zero-order valence-corrected chi connectivity index (χ0v) is 18.2. The number of hydrogen-bond donors (Lipinski definition) is 1. The molecule has 0 bridgehead atoms. The molecule has 0 spiro atoms. The Kier molecular flexibility index (Phi) is 7.20. The molecule has 3 rings (SSSR count). The molecule has 0 radical (unpaired) electrons. The number of aryl methyl sites for hydroxylation is 1. The van der Waals surface area contributed by atoms with Crippen molar-refractivity contribution in [2.75, 3.05) is 19.0 Å². The summed E-state index contributed by atoms with van der Waals surface area (Å²) < 4.78 is 23.7. The normalized spacial score (nSPS) is 10.8. The molecule has 31 heavy (non-hydrogen) atoms. The lowest BCUT2D eigenvalue weighted by Crippen LogP contribution is -2.12. The monoisotopic (exact) mass is 439 g/mol. The standard InChI is InChI=1S/C24H22FNO4S/c1-4-30-24(28)22-19(18-13-15(2)5-11-20(18)29-3)14-31-23(22)26-21(27)12-8-16-6-9-17(25)10-7-16/h5-14H,4H2,1-3H3,(H,26,27)/b12-8+. The van der Waals surface area contributed by atoms with Gasteiger partial charge in [0.05, 0.1) is 13.7 Å². The minimum absolute atomic E-state index is 0.205. The number of benzene rings is 2. The first-order valence-corrected chi connectivity index (χ1v) is 10.5. The first-order chi connectivity index (χ1) is 14.9. The van der Waals surface area contributed by atoms with Crippen LogP contribution < -0.4 is 10.1 Å². The second-order valence-corrected chi connectivity index (χ2v) is 7.53. The number of ether oxygens (including phenoxy) is 2. The number of amides is 1. The van der Waals surface area contributed by atoms with Crippen molar-refractivity contribution in [3.63, 3.8) is 0 Å². The molecular weight excluding hydrogens is 417 g/mol. The van der Waals surface area contributed by atoms with Crippen LogP contribution in [0.3, 0.4) is 0 Å². The first kappa shape index (κ1) is 22.2. The fourth-order valence-electron chi connectivity index (χ4n) is 2.99. The van der Waals surface area contributed by atoms with Crippen LogP contribution in [0.5, 0.6) is 5.75 Å².